The Labute approximate surface area is 97.4 Å². The standard InChI is InChI=1S/C14H20O2/c1-13(2)7-5-10(6-8-13)11-9-14(3,4)12(15)16-11/h5,7H,6,8-9H2,1-4H3/b11-10-. The Morgan fingerprint density at radius 2 is 1.94 bits per heavy atom. The van der Waals surface area contributed by atoms with E-state index in [1.54, 1.807) is 0 Å². The summed E-state index contributed by atoms with van der Waals surface area (Å²) >= 11 is 0. The molecule has 1 heterocycles. The van der Waals surface area contributed by atoms with Crippen molar-refractivity contribution in [3.05, 3.63) is 23.5 Å². The molecule has 0 amide bonds. The minimum Gasteiger partial charge on any atom is -0.430 e. The van der Waals surface area contributed by atoms with Crippen LogP contribution in [0.25, 0.3) is 0 Å². The van der Waals surface area contributed by atoms with E-state index in [2.05, 4.69) is 26.0 Å². The van der Waals surface area contributed by atoms with Gasteiger partial charge in [0.15, 0.2) is 0 Å². The molecule has 1 aliphatic carbocycles. The lowest BCUT2D eigenvalue weighted by molar-refractivity contribution is -0.142. The molecule has 0 bridgehead atoms. The van der Waals surface area contributed by atoms with Gasteiger partial charge in [0.05, 0.1) is 5.41 Å². The first-order valence-electron chi connectivity index (χ1n) is 5.94. The average Bonchev–Trinajstić information content (AvgIpc) is 2.41. The maximum Gasteiger partial charge on any atom is 0.317 e. The zero-order valence-electron chi connectivity index (χ0n) is 10.6. The molecular formula is C14H20O2. The van der Waals surface area contributed by atoms with E-state index < -0.39 is 0 Å². The van der Waals surface area contributed by atoms with Gasteiger partial charge in [0.25, 0.3) is 0 Å². The summed E-state index contributed by atoms with van der Waals surface area (Å²) in [5.74, 6) is 0.801. The molecule has 0 unspecified atom stereocenters. The largest absolute Gasteiger partial charge is 0.430 e. The molecule has 1 aliphatic heterocycles. The summed E-state index contributed by atoms with van der Waals surface area (Å²) in [4.78, 5) is 11.6. The van der Waals surface area contributed by atoms with Crippen LogP contribution in [0.15, 0.2) is 23.5 Å². The van der Waals surface area contributed by atoms with Crippen molar-refractivity contribution in [3.8, 4) is 0 Å². The van der Waals surface area contributed by atoms with Crippen molar-refractivity contribution >= 4 is 5.97 Å². The van der Waals surface area contributed by atoms with Gasteiger partial charge in [0.2, 0.25) is 0 Å². The lowest BCUT2D eigenvalue weighted by Crippen LogP contribution is -2.16. The van der Waals surface area contributed by atoms with Gasteiger partial charge in [-0.25, -0.2) is 0 Å². The quantitative estimate of drug-likeness (QED) is 0.583. The average molecular weight is 220 g/mol. The van der Waals surface area contributed by atoms with Crippen LogP contribution in [0.1, 0.15) is 47.0 Å². The third-order valence-electron chi connectivity index (χ3n) is 3.50. The van der Waals surface area contributed by atoms with Crippen molar-refractivity contribution in [2.24, 2.45) is 10.8 Å². The van der Waals surface area contributed by atoms with Gasteiger partial charge >= 0.3 is 5.97 Å². The van der Waals surface area contributed by atoms with Crippen LogP contribution in [-0.2, 0) is 9.53 Å². The fourth-order valence-electron chi connectivity index (χ4n) is 2.12. The van der Waals surface area contributed by atoms with Crippen LogP contribution in [0.3, 0.4) is 0 Å². The number of hydrogen-bond donors (Lipinski definition) is 0. The van der Waals surface area contributed by atoms with Crippen molar-refractivity contribution in [1.29, 1.82) is 0 Å². The molecule has 0 atom stereocenters. The Hall–Kier alpha value is -1.05. The number of allylic oxidation sites excluding steroid dienone is 4. The van der Waals surface area contributed by atoms with Gasteiger partial charge in [-0.15, -0.1) is 0 Å². The summed E-state index contributed by atoms with van der Waals surface area (Å²) in [5.41, 5.74) is 1.14. The maximum absolute atomic E-state index is 11.6. The Balaban J connectivity index is 2.24. The molecule has 2 aliphatic rings. The smallest absolute Gasteiger partial charge is 0.317 e. The molecule has 0 aromatic heterocycles. The number of cyclic esters (lactones) is 1. The Bertz CT molecular complexity index is 384. The van der Waals surface area contributed by atoms with E-state index in [9.17, 15) is 4.79 Å². The fourth-order valence-corrected chi connectivity index (χ4v) is 2.12. The number of hydrogen-bond acceptors (Lipinski definition) is 2. The number of carbonyl (C=O) groups excluding carboxylic acids is 1. The van der Waals surface area contributed by atoms with Crippen LogP contribution in [0, 0.1) is 10.8 Å². The van der Waals surface area contributed by atoms with Crippen molar-refractivity contribution in [1.82, 2.24) is 0 Å². The Morgan fingerprint density at radius 1 is 1.25 bits per heavy atom. The second-order valence-electron chi connectivity index (χ2n) is 6.22. The van der Waals surface area contributed by atoms with E-state index in [1.807, 2.05) is 13.8 Å². The highest BCUT2D eigenvalue weighted by Crippen LogP contribution is 2.40. The SMILES string of the molecule is CC1(C)C=C/C(=C2\CC(C)(C)C(=O)O2)CC1. The van der Waals surface area contributed by atoms with Crippen molar-refractivity contribution < 1.29 is 9.53 Å². The predicted molar refractivity (Wildman–Crippen MR) is 63.7 cm³/mol. The zero-order chi connectivity index (χ0) is 12.0. The van der Waals surface area contributed by atoms with E-state index in [1.165, 1.54) is 5.57 Å². The van der Waals surface area contributed by atoms with Crippen LogP contribution >= 0.6 is 0 Å². The second-order valence-corrected chi connectivity index (χ2v) is 6.22. The van der Waals surface area contributed by atoms with Crippen LogP contribution in [0.4, 0.5) is 0 Å². The van der Waals surface area contributed by atoms with Gasteiger partial charge in [-0.2, -0.15) is 0 Å². The number of esters is 1. The highest BCUT2D eigenvalue weighted by atomic mass is 16.5. The second kappa shape index (κ2) is 3.47. The normalized spacial score (nSPS) is 31.6. The highest BCUT2D eigenvalue weighted by Gasteiger charge is 2.39. The predicted octanol–water partition coefficient (Wildman–Crippen LogP) is 3.59. The minimum absolute atomic E-state index is 0.0896. The topological polar surface area (TPSA) is 26.3 Å². The molecule has 1 saturated heterocycles. The van der Waals surface area contributed by atoms with E-state index in [0.717, 1.165) is 25.0 Å². The Morgan fingerprint density at radius 3 is 2.38 bits per heavy atom. The summed E-state index contributed by atoms with van der Waals surface area (Å²) in [6.07, 6.45) is 7.24. The first-order chi connectivity index (χ1) is 7.30. The highest BCUT2D eigenvalue weighted by molar-refractivity contribution is 5.80. The number of ether oxygens (including phenoxy) is 1. The maximum atomic E-state index is 11.6. The molecule has 0 N–H and O–H groups in total. The third-order valence-corrected chi connectivity index (χ3v) is 3.50. The van der Waals surface area contributed by atoms with Gasteiger partial charge in [-0.1, -0.05) is 26.0 Å². The zero-order valence-corrected chi connectivity index (χ0v) is 10.6. The lowest BCUT2D eigenvalue weighted by atomic mass is 9.80. The van der Waals surface area contributed by atoms with Gasteiger partial charge in [-0.05, 0) is 37.7 Å². The molecule has 2 heteroatoms. The van der Waals surface area contributed by atoms with Gasteiger partial charge in [-0.3, -0.25) is 4.79 Å². The van der Waals surface area contributed by atoms with Gasteiger partial charge in [0.1, 0.15) is 5.76 Å². The van der Waals surface area contributed by atoms with Crippen LogP contribution < -0.4 is 0 Å². The molecule has 1 fully saturated rings. The van der Waals surface area contributed by atoms with Gasteiger partial charge in [0, 0.05) is 6.42 Å². The Kier molecular flexibility index (Phi) is 2.48. The van der Waals surface area contributed by atoms with Crippen molar-refractivity contribution in [2.45, 2.75) is 47.0 Å². The van der Waals surface area contributed by atoms with Crippen LogP contribution in [0.5, 0.6) is 0 Å². The molecule has 0 aromatic rings. The summed E-state index contributed by atoms with van der Waals surface area (Å²) in [5, 5.41) is 0. The van der Waals surface area contributed by atoms with E-state index >= 15 is 0 Å². The molecule has 16 heavy (non-hydrogen) atoms. The minimum atomic E-state index is -0.344. The van der Waals surface area contributed by atoms with Crippen LogP contribution in [-0.4, -0.2) is 5.97 Å². The summed E-state index contributed by atoms with van der Waals surface area (Å²) in [7, 11) is 0. The first kappa shape index (κ1) is 11.4. The summed E-state index contributed by atoms with van der Waals surface area (Å²) in [6.45, 7) is 8.35. The first-order valence-corrected chi connectivity index (χ1v) is 5.94. The fraction of sp³-hybridized carbons (Fsp3) is 0.643. The lowest BCUT2D eigenvalue weighted by Gasteiger charge is -2.25. The molecule has 0 aromatic carbocycles. The summed E-state index contributed by atoms with van der Waals surface area (Å²) in [6, 6.07) is 0. The molecule has 2 nitrogen and oxygen atoms in total. The third kappa shape index (κ3) is 2.06. The molecular weight excluding hydrogens is 200 g/mol. The molecule has 2 rings (SSSR count). The van der Waals surface area contributed by atoms with Gasteiger partial charge < -0.3 is 4.74 Å². The molecule has 88 valence electrons. The van der Waals surface area contributed by atoms with Crippen molar-refractivity contribution in [2.75, 3.05) is 0 Å². The van der Waals surface area contributed by atoms with E-state index in [4.69, 9.17) is 4.74 Å². The van der Waals surface area contributed by atoms with Crippen molar-refractivity contribution in [3.63, 3.8) is 0 Å². The molecule has 0 spiro atoms. The van der Waals surface area contributed by atoms with E-state index in [0.29, 0.717) is 0 Å². The monoisotopic (exact) mass is 220 g/mol. The molecule has 0 saturated carbocycles. The van der Waals surface area contributed by atoms with E-state index in [-0.39, 0.29) is 16.8 Å². The molecule has 0 radical (unpaired) electrons. The number of rotatable bonds is 0. The number of carbonyl (C=O) groups is 1. The summed E-state index contributed by atoms with van der Waals surface area (Å²) < 4.78 is 5.37. The van der Waals surface area contributed by atoms with Crippen LogP contribution in [0.2, 0.25) is 0 Å².